The van der Waals surface area contributed by atoms with Crippen LogP contribution in [-0.4, -0.2) is 21.7 Å². The Morgan fingerprint density at radius 3 is 2.47 bits per heavy atom. The summed E-state index contributed by atoms with van der Waals surface area (Å²) in [7, 11) is 0. The Morgan fingerprint density at radius 2 is 1.89 bits per heavy atom. The van der Waals surface area contributed by atoms with Crippen molar-refractivity contribution in [2.45, 2.75) is 6.92 Å². The van der Waals surface area contributed by atoms with Crippen LogP contribution in [0.1, 0.15) is 21.6 Å². The maximum atomic E-state index is 12.8. The van der Waals surface area contributed by atoms with Crippen LogP contribution in [0.25, 0.3) is 0 Å². The molecule has 0 saturated heterocycles. The molecule has 0 bridgehead atoms. The van der Waals surface area contributed by atoms with Crippen molar-refractivity contribution in [3.8, 4) is 0 Å². The molecule has 0 radical (unpaired) electrons. The Bertz CT molecular complexity index is 636. The second-order valence-corrected chi connectivity index (χ2v) is 3.97. The van der Waals surface area contributed by atoms with Gasteiger partial charge in [-0.2, -0.15) is 0 Å². The number of aromatic nitrogens is 1. The summed E-state index contributed by atoms with van der Waals surface area (Å²) in [6.07, 6.45) is 1.50. The molecular formula is C14H11FN2O2. The molecule has 2 aromatic rings. The van der Waals surface area contributed by atoms with Crippen LogP contribution in [0.3, 0.4) is 0 Å². The van der Waals surface area contributed by atoms with Gasteiger partial charge in [0.15, 0.2) is 5.71 Å². The number of hydrogen-bond donors (Lipinski definition) is 1. The van der Waals surface area contributed by atoms with Crippen molar-refractivity contribution in [3.63, 3.8) is 0 Å². The number of benzene rings is 1. The van der Waals surface area contributed by atoms with Gasteiger partial charge in [-0.25, -0.2) is 4.39 Å². The first-order valence-electron chi connectivity index (χ1n) is 5.57. The highest BCUT2D eigenvalue weighted by atomic mass is 19.1. The third-order valence-electron chi connectivity index (χ3n) is 2.59. The third kappa shape index (κ3) is 2.82. The number of nitrogens with zero attached hydrogens (tertiary/aromatic N) is 2. The molecule has 1 aromatic carbocycles. The number of carbonyl (C=O) groups excluding carboxylic acids is 1. The highest BCUT2D eigenvalue weighted by molar-refractivity contribution is 6.51. The van der Waals surface area contributed by atoms with Gasteiger partial charge in [-0.3, -0.25) is 9.78 Å². The Labute approximate surface area is 109 Å². The summed E-state index contributed by atoms with van der Waals surface area (Å²) in [6, 6.07) is 8.30. The van der Waals surface area contributed by atoms with E-state index >= 15 is 0 Å². The fourth-order valence-corrected chi connectivity index (χ4v) is 1.67. The Balaban J connectivity index is 2.38. The number of rotatable bonds is 3. The lowest BCUT2D eigenvalue weighted by Crippen LogP contribution is -2.16. The Morgan fingerprint density at radius 1 is 1.21 bits per heavy atom. The molecule has 5 heteroatoms. The zero-order valence-electron chi connectivity index (χ0n) is 10.2. The van der Waals surface area contributed by atoms with Gasteiger partial charge in [0.1, 0.15) is 5.82 Å². The minimum Gasteiger partial charge on any atom is -0.410 e. The van der Waals surface area contributed by atoms with Crippen molar-refractivity contribution >= 4 is 11.5 Å². The minimum absolute atomic E-state index is 0.134. The lowest BCUT2D eigenvalue weighted by Gasteiger charge is -2.04. The molecule has 0 saturated carbocycles. The SMILES string of the molecule is Cc1cc(C(=O)/C(=N/O)c2ccc(F)cc2)ccn1. The number of carbonyl (C=O) groups is 1. The van der Waals surface area contributed by atoms with Crippen molar-refractivity contribution in [2.75, 3.05) is 0 Å². The van der Waals surface area contributed by atoms with Gasteiger partial charge in [0.2, 0.25) is 5.78 Å². The van der Waals surface area contributed by atoms with Crippen molar-refractivity contribution in [2.24, 2.45) is 5.16 Å². The first-order chi connectivity index (χ1) is 9.11. The van der Waals surface area contributed by atoms with Gasteiger partial charge in [0.05, 0.1) is 0 Å². The van der Waals surface area contributed by atoms with Crippen molar-refractivity contribution in [1.29, 1.82) is 0 Å². The molecule has 4 nitrogen and oxygen atoms in total. The Hall–Kier alpha value is -2.56. The molecule has 0 aliphatic rings. The second-order valence-electron chi connectivity index (χ2n) is 3.97. The molecule has 1 N–H and O–H groups in total. The van der Waals surface area contributed by atoms with E-state index in [1.54, 1.807) is 13.0 Å². The number of pyridine rings is 1. The fourth-order valence-electron chi connectivity index (χ4n) is 1.67. The Kier molecular flexibility index (Phi) is 3.66. The zero-order valence-corrected chi connectivity index (χ0v) is 10.2. The maximum absolute atomic E-state index is 12.8. The van der Waals surface area contributed by atoms with E-state index in [0.29, 0.717) is 16.8 Å². The lowest BCUT2D eigenvalue weighted by atomic mass is 10.0. The average molecular weight is 258 g/mol. The van der Waals surface area contributed by atoms with Gasteiger partial charge in [0.25, 0.3) is 0 Å². The van der Waals surface area contributed by atoms with E-state index in [1.807, 2.05) is 0 Å². The van der Waals surface area contributed by atoms with Gasteiger partial charge in [-0.1, -0.05) is 5.16 Å². The predicted octanol–water partition coefficient (Wildman–Crippen LogP) is 2.59. The lowest BCUT2D eigenvalue weighted by molar-refractivity contribution is 0.106. The molecular weight excluding hydrogens is 247 g/mol. The summed E-state index contributed by atoms with van der Waals surface area (Å²) >= 11 is 0. The quantitative estimate of drug-likeness (QED) is 0.398. The molecule has 0 aliphatic heterocycles. The van der Waals surface area contributed by atoms with Crippen LogP contribution in [-0.2, 0) is 0 Å². The van der Waals surface area contributed by atoms with Gasteiger partial charge < -0.3 is 5.21 Å². The summed E-state index contributed by atoms with van der Waals surface area (Å²) < 4.78 is 12.8. The summed E-state index contributed by atoms with van der Waals surface area (Å²) in [4.78, 5) is 16.2. The molecule has 2 rings (SSSR count). The highest BCUT2D eigenvalue weighted by Gasteiger charge is 2.17. The standard InChI is InChI=1S/C14H11FN2O2/c1-9-8-11(6-7-16-9)14(18)13(17-19)10-2-4-12(15)5-3-10/h2-8,19H,1H3/b17-13+. The summed E-state index contributed by atoms with van der Waals surface area (Å²) in [6.45, 7) is 1.75. The van der Waals surface area contributed by atoms with Crippen molar-refractivity contribution in [1.82, 2.24) is 4.98 Å². The number of oxime groups is 1. The van der Waals surface area contributed by atoms with Gasteiger partial charge in [-0.15, -0.1) is 0 Å². The summed E-state index contributed by atoms with van der Waals surface area (Å²) in [5.74, 6) is -0.868. The van der Waals surface area contributed by atoms with Crippen molar-refractivity contribution < 1.29 is 14.4 Å². The van der Waals surface area contributed by atoms with Gasteiger partial charge in [0, 0.05) is 23.0 Å². The van der Waals surface area contributed by atoms with Crippen LogP contribution in [0, 0.1) is 12.7 Å². The summed E-state index contributed by atoms with van der Waals surface area (Å²) in [5.41, 5.74) is 1.26. The number of halogens is 1. The topological polar surface area (TPSA) is 62.5 Å². The van der Waals surface area contributed by atoms with Gasteiger partial charge in [-0.05, 0) is 43.3 Å². The van der Waals surface area contributed by atoms with Crippen LogP contribution in [0.2, 0.25) is 0 Å². The van der Waals surface area contributed by atoms with Crippen LogP contribution >= 0.6 is 0 Å². The number of ketones is 1. The highest BCUT2D eigenvalue weighted by Crippen LogP contribution is 2.10. The molecule has 1 heterocycles. The smallest absolute Gasteiger partial charge is 0.215 e. The first kappa shape index (κ1) is 12.9. The van der Waals surface area contributed by atoms with E-state index in [1.165, 1.54) is 36.5 Å². The molecule has 0 atom stereocenters. The first-order valence-corrected chi connectivity index (χ1v) is 5.57. The van der Waals surface area contributed by atoms with Crippen LogP contribution in [0.4, 0.5) is 4.39 Å². The second kappa shape index (κ2) is 5.39. The number of aryl methyl sites for hydroxylation is 1. The molecule has 0 fully saturated rings. The molecule has 96 valence electrons. The third-order valence-corrected chi connectivity index (χ3v) is 2.59. The van der Waals surface area contributed by atoms with Crippen LogP contribution in [0.5, 0.6) is 0 Å². The molecule has 0 spiro atoms. The van der Waals surface area contributed by atoms with E-state index < -0.39 is 11.6 Å². The molecule has 0 unspecified atom stereocenters. The van der Waals surface area contributed by atoms with E-state index in [9.17, 15) is 9.18 Å². The molecule has 0 amide bonds. The maximum Gasteiger partial charge on any atom is 0.215 e. The van der Waals surface area contributed by atoms with Gasteiger partial charge >= 0.3 is 0 Å². The number of Topliss-reactive ketones (excluding diaryl/α,β-unsaturated/α-hetero) is 1. The monoisotopic (exact) mass is 258 g/mol. The predicted molar refractivity (Wildman–Crippen MR) is 68.0 cm³/mol. The van der Waals surface area contributed by atoms with E-state index in [-0.39, 0.29) is 5.71 Å². The summed E-state index contributed by atoms with van der Waals surface area (Å²) in [5, 5.41) is 12.0. The molecule has 0 aliphatic carbocycles. The van der Waals surface area contributed by atoms with E-state index in [2.05, 4.69) is 10.1 Å². The molecule has 1 aromatic heterocycles. The van der Waals surface area contributed by atoms with Crippen molar-refractivity contribution in [3.05, 3.63) is 65.2 Å². The fraction of sp³-hybridized carbons (Fsp3) is 0.0714. The zero-order chi connectivity index (χ0) is 13.8. The van der Waals surface area contributed by atoms with E-state index in [4.69, 9.17) is 5.21 Å². The normalized spacial score (nSPS) is 11.4. The molecule has 19 heavy (non-hydrogen) atoms. The minimum atomic E-state index is -0.445. The number of hydrogen-bond acceptors (Lipinski definition) is 4. The van der Waals surface area contributed by atoms with Crippen LogP contribution < -0.4 is 0 Å². The average Bonchev–Trinajstić information content (AvgIpc) is 2.41. The van der Waals surface area contributed by atoms with Crippen LogP contribution in [0.15, 0.2) is 47.8 Å². The van der Waals surface area contributed by atoms with E-state index in [0.717, 1.165) is 0 Å². The largest absolute Gasteiger partial charge is 0.410 e.